The highest BCUT2D eigenvalue weighted by atomic mass is 16.5. The fourth-order valence-corrected chi connectivity index (χ4v) is 2.04. The van der Waals surface area contributed by atoms with Crippen LogP contribution in [0.1, 0.15) is 5.56 Å². The van der Waals surface area contributed by atoms with Crippen LogP contribution in [0.15, 0.2) is 54.6 Å². The van der Waals surface area contributed by atoms with Crippen LogP contribution >= 0.6 is 0 Å². The number of carbonyl (C=O) groups is 1. The van der Waals surface area contributed by atoms with Gasteiger partial charge in [0.2, 0.25) is 5.91 Å². The third-order valence-corrected chi connectivity index (χ3v) is 3.27. The Morgan fingerprint density at radius 2 is 1.83 bits per heavy atom. The van der Waals surface area contributed by atoms with Crippen molar-refractivity contribution in [2.45, 2.75) is 0 Å². The molecule has 126 valence electrons. The third kappa shape index (κ3) is 5.35. The molecule has 0 saturated heterocycles. The van der Waals surface area contributed by atoms with Gasteiger partial charge in [-0.2, -0.15) is 0 Å². The van der Waals surface area contributed by atoms with Crippen LogP contribution in [0.2, 0.25) is 0 Å². The van der Waals surface area contributed by atoms with Gasteiger partial charge in [0.25, 0.3) is 0 Å². The zero-order chi connectivity index (χ0) is 17.2. The number of methoxy groups -OCH3 is 2. The van der Waals surface area contributed by atoms with Crippen molar-refractivity contribution in [1.82, 2.24) is 5.32 Å². The summed E-state index contributed by atoms with van der Waals surface area (Å²) in [5, 5.41) is 2.77. The lowest BCUT2D eigenvalue weighted by atomic mass is 10.1. The Morgan fingerprint density at radius 1 is 1.04 bits per heavy atom. The van der Waals surface area contributed by atoms with Crippen LogP contribution in [0.5, 0.6) is 17.2 Å². The lowest BCUT2D eigenvalue weighted by Gasteiger charge is -2.07. The number of nitrogens with one attached hydrogen (secondary N) is 1. The van der Waals surface area contributed by atoms with Crippen molar-refractivity contribution >= 4 is 12.0 Å². The van der Waals surface area contributed by atoms with Crippen LogP contribution in [0, 0.1) is 0 Å². The fraction of sp³-hybridized carbons (Fsp3) is 0.211. The first-order chi connectivity index (χ1) is 11.7. The summed E-state index contributed by atoms with van der Waals surface area (Å²) in [6.45, 7) is 0.841. The fourth-order valence-electron chi connectivity index (χ4n) is 2.04. The Morgan fingerprint density at radius 3 is 2.54 bits per heavy atom. The highest BCUT2D eigenvalue weighted by Crippen LogP contribution is 2.25. The molecule has 0 spiro atoms. The number of para-hydroxylation sites is 1. The Balaban J connectivity index is 1.80. The normalized spacial score (nSPS) is 10.4. The largest absolute Gasteiger partial charge is 0.497 e. The highest BCUT2D eigenvalue weighted by molar-refractivity contribution is 5.92. The van der Waals surface area contributed by atoms with Crippen molar-refractivity contribution in [2.75, 3.05) is 27.4 Å². The predicted molar refractivity (Wildman–Crippen MR) is 93.5 cm³/mol. The molecule has 0 aliphatic carbocycles. The number of benzene rings is 2. The number of amides is 1. The molecule has 2 aromatic carbocycles. The molecule has 1 N–H and O–H groups in total. The summed E-state index contributed by atoms with van der Waals surface area (Å²) in [6.07, 6.45) is 3.17. The van der Waals surface area contributed by atoms with Crippen molar-refractivity contribution in [2.24, 2.45) is 0 Å². The van der Waals surface area contributed by atoms with E-state index in [1.807, 2.05) is 42.5 Å². The summed E-state index contributed by atoms with van der Waals surface area (Å²) in [6, 6.07) is 14.9. The van der Waals surface area contributed by atoms with E-state index in [1.165, 1.54) is 6.08 Å². The van der Waals surface area contributed by atoms with Crippen molar-refractivity contribution in [3.05, 3.63) is 60.2 Å². The maximum Gasteiger partial charge on any atom is 0.244 e. The first kappa shape index (κ1) is 17.4. The first-order valence-corrected chi connectivity index (χ1v) is 7.58. The molecular formula is C19H21NO4. The average Bonchev–Trinajstić information content (AvgIpc) is 2.64. The molecule has 2 aromatic rings. The molecule has 5 heteroatoms. The topological polar surface area (TPSA) is 56.8 Å². The molecular weight excluding hydrogens is 306 g/mol. The van der Waals surface area contributed by atoms with E-state index in [4.69, 9.17) is 14.2 Å². The molecule has 2 rings (SSSR count). The molecule has 0 saturated carbocycles. The summed E-state index contributed by atoms with van der Waals surface area (Å²) in [4.78, 5) is 11.8. The van der Waals surface area contributed by atoms with Gasteiger partial charge in [-0.1, -0.05) is 18.2 Å². The van der Waals surface area contributed by atoms with Crippen molar-refractivity contribution in [3.63, 3.8) is 0 Å². The first-order valence-electron chi connectivity index (χ1n) is 7.58. The van der Waals surface area contributed by atoms with Crippen LogP contribution in [0.25, 0.3) is 6.08 Å². The third-order valence-electron chi connectivity index (χ3n) is 3.27. The number of ether oxygens (including phenoxy) is 3. The zero-order valence-electron chi connectivity index (χ0n) is 13.8. The molecule has 5 nitrogen and oxygen atoms in total. The lowest BCUT2D eigenvalue weighted by molar-refractivity contribution is -0.116. The summed E-state index contributed by atoms with van der Waals surface area (Å²) in [7, 11) is 3.17. The van der Waals surface area contributed by atoms with Crippen LogP contribution in [0.3, 0.4) is 0 Å². The molecule has 0 radical (unpaired) electrons. The molecule has 0 aliphatic rings. The predicted octanol–water partition coefficient (Wildman–Crippen LogP) is 2.91. The van der Waals surface area contributed by atoms with E-state index < -0.39 is 0 Å². The van der Waals surface area contributed by atoms with Gasteiger partial charge in [0.1, 0.15) is 23.9 Å². The van der Waals surface area contributed by atoms with Crippen molar-refractivity contribution < 1.29 is 19.0 Å². The van der Waals surface area contributed by atoms with Gasteiger partial charge in [0.15, 0.2) is 0 Å². The monoisotopic (exact) mass is 327 g/mol. The second kappa shape index (κ2) is 9.25. The second-order valence-electron chi connectivity index (χ2n) is 4.89. The summed E-state index contributed by atoms with van der Waals surface area (Å²) < 4.78 is 15.9. The van der Waals surface area contributed by atoms with Crippen molar-refractivity contribution in [1.29, 1.82) is 0 Å². The summed E-state index contributed by atoms with van der Waals surface area (Å²) >= 11 is 0. The Labute approximate surface area is 141 Å². The van der Waals surface area contributed by atoms with E-state index in [-0.39, 0.29) is 5.91 Å². The van der Waals surface area contributed by atoms with Gasteiger partial charge in [0.05, 0.1) is 20.8 Å². The van der Waals surface area contributed by atoms with Crippen LogP contribution in [-0.4, -0.2) is 33.3 Å². The van der Waals surface area contributed by atoms with E-state index in [1.54, 1.807) is 26.4 Å². The quantitative estimate of drug-likeness (QED) is 0.598. The molecule has 0 unspecified atom stereocenters. The van der Waals surface area contributed by atoms with E-state index >= 15 is 0 Å². The minimum absolute atomic E-state index is 0.190. The molecule has 24 heavy (non-hydrogen) atoms. The maximum atomic E-state index is 11.8. The number of hydrogen-bond donors (Lipinski definition) is 1. The van der Waals surface area contributed by atoms with Gasteiger partial charge in [-0.3, -0.25) is 4.79 Å². The van der Waals surface area contributed by atoms with Gasteiger partial charge in [-0.25, -0.2) is 0 Å². The van der Waals surface area contributed by atoms with Gasteiger partial charge in [-0.05, 0) is 30.3 Å². The number of carbonyl (C=O) groups excluding carboxylic acids is 1. The Hall–Kier alpha value is -2.95. The number of rotatable bonds is 8. The SMILES string of the molecule is COc1ccc(/C=C/C(=O)NCCOc2ccccc2)c(OC)c1. The summed E-state index contributed by atoms with van der Waals surface area (Å²) in [5.41, 5.74) is 0.800. The minimum Gasteiger partial charge on any atom is -0.497 e. The van der Waals surface area contributed by atoms with Crippen LogP contribution in [-0.2, 0) is 4.79 Å². The van der Waals surface area contributed by atoms with E-state index in [9.17, 15) is 4.79 Å². The molecule has 0 aromatic heterocycles. The van der Waals surface area contributed by atoms with Crippen LogP contribution in [0.4, 0.5) is 0 Å². The van der Waals surface area contributed by atoms with Gasteiger partial charge < -0.3 is 19.5 Å². The Bertz CT molecular complexity index is 683. The average molecular weight is 327 g/mol. The smallest absolute Gasteiger partial charge is 0.244 e. The molecule has 0 heterocycles. The molecule has 1 amide bonds. The lowest BCUT2D eigenvalue weighted by Crippen LogP contribution is -2.26. The molecule has 0 atom stereocenters. The van der Waals surface area contributed by atoms with Crippen molar-refractivity contribution in [3.8, 4) is 17.2 Å². The molecule has 0 fully saturated rings. The molecule has 0 bridgehead atoms. The zero-order valence-corrected chi connectivity index (χ0v) is 13.8. The second-order valence-corrected chi connectivity index (χ2v) is 4.89. The Kier molecular flexibility index (Phi) is 6.71. The minimum atomic E-state index is -0.190. The van der Waals surface area contributed by atoms with Crippen LogP contribution < -0.4 is 19.5 Å². The van der Waals surface area contributed by atoms with Gasteiger partial charge >= 0.3 is 0 Å². The van der Waals surface area contributed by atoms with E-state index in [2.05, 4.69) is 5.32 Å². The number of hydrogen-bond acceptors (Lipinski definition) is 4. The van der Waals surface area contributed by atoms with Gasteiger partial charge in [0, 0.05) is 17.7 Å². The van der Waals surface area contributed by atoms with E-state index in [0.717, 1.165) is 11.3 Å². The van der Waals surface area contributed by atoms with Gasteiger partial charge in [-0.15, -0.1) is 0 Å². The van der Waals surface area contributed by atoms with E-state index in [0.29, 0.717) is 24.7 Å². The highest BCUT2D eigenvalue weighted by Gasteiger charge is 2.03. The molecule has 0 aliphatic heterocycles. The maximum absolute atomic E-state index is 11.8. The summed E-state index contributed by atoms with van der Waals surface area (Å²) in [5.74, 6) is 1.94. The standard InChI is InChI=1S/C19H21NO4/c1-22-17-10-8-15(18(14-17)23-2)9-11-19(21)20-12-13-24-16-6-4-3-5-7-16/h3-11,14H,12-13H2,1-2H3,(H,20,21)/b11-9+.